The van der Waals surface area contributed by atoms with Crippen LogP contribution < -0.4 is 9.64 Å². The fourth-order valence-electron chi connectivity index (χ4n) is 4.00. The molecule has 0 atom stereocenters. The molecule has 1 fully saturated rings. The molecule has 2 aromatic carbocycles. The van der Waals surface area contributed by atoms with Gasteiger partial charge in [0.2, 0.25) is 5.91 Å². The second-order valence-corrected chi connectivity index (χ2v) is 8.17. The van der Waals surface area contributed by atoms with Crippen molar-refractivity contribution in [2.75, 3.05) is 38.2 Å². The van der Waals surface area contributed by atoms with Crippen LogP contribution in [0.25, 0.3) is 22.6 Å². The van der Waals surface area contributed by atoms with E-state index in [9.17, 15) is 4.79 Å². The Bertz CT molecular complexity index is 1180. The van der Waals surface area contributed by atoms with Gasteiger partial charge in [-0.05, 0) is 36.4 Å². The number of hydrogen-bond donors (Lipinski definition) is 0. The van der Waals surface area contributed by atoms with Crippen LogP contribution in [0.15, 0.2) is 59.4 Å². The lowest BCUT2D eigenvalue weighted by Crippen LogP contribution is -2.49. The van der Waals surface area contributed by atoms with Gasteiger partial charge in [0.05, 0.1) is 23.7 Å². The monoisotopic (exact) mass is 433 g/mol. The minimum absolute atomic E-state index is 0.106. The second-order valence-electron chi connectivity index (χ2n) is 7.45. The molecule has 0 spiro atoms. The average Bonchev–Trinajstić information content (AvgIpc) is 3.48. The number of fused-ring (bicyclic) bond motifs is 1. The van der Waals surface area contributed by atoms with Gasteiger partial charge >= 0.3 is 0 Å². The molecule has 0 N–H and O–H groups in total. The lowest BCUT2D eigenvalue weighted by atomic mass is 10.2. The van der Waals surface area contributed by atoms with Crippen LogP contribution in [0.3, 0.4) is 0 Å². The van der Waals surface area contributed by atoms with E-state index in [0.29, 0.717) is 13.1 Å². The zero-order valence-corrected chi connectivity index (χ0v) is 18.1. The molecule has 1 saturated heterocycles. The van der Waals surface area contributed by atoms with Crippen LogP contribution in [0.2, 0.25) is 0 Å². The Balaban J connectivity index is 1.31. The van der Waals surface area contributed by atoms with Crippen molar-refractivity contribution >= 4 is 34.0 Å². The van der Waals surface area contributed by atoms with Gasteiger partial charge in [0.15, 0.2) is 5.82 Å². The maximum atomic E-state index is 13.2. The summed E-state index contributed by atoms with van der Waals surface area (Å²) in [5.74, 6) is 1.70. The Labute approximate surface area is 184 Å². The maximum Gasteiger partial charge on any atom is 0.242 e. The van der Waals surface area contributed by atoms with Crippen LogP contribution in [0, 0.1) is 0 Å². The molecule has 2 aromatic heterocycles. The molecule has 1 amide bonds. The molecule has 7 nitrogen and oxygen atoms in total. The highest BCUT2D eigenvalue weighted by Gasteiger charge is 2.24. The second kappa shape index (κ2) is 8.39. The number of thiazole rings is 1. The Kier molecular flexibility index (Phi) is 5.30. The van der Waals surface area contributed by atoms with Crippen molar-refractivity contribution < 1.29 is 9.53 Å². The van der Waals surface area contributed by atoms with Gasteiger partial charge in [-0.2, -0.15) is 0 Å². The maximum absolute atomic E-state index is 13.2. The van der Waals surface area contributed by atoms with Crippen LogP contribution >= 0.6 is 11.3 Å². The van der Waals surface area contributed by atoms with E-state index in [4.69, 9.17) is 9.72 Å². The molecular weight excluding hydrogens is 410 g/mol. The van der Waals surface area contributed by atoms with Crippen molar-refractivity contribution in [1.82, 2.24) is 19.4 Å². The van der Waals surface area contributed by atoms with Crippen molar-refractivity contribution in [3.05, 3.63) is 59.4 Å². The molecular formula is C23H23N5O2S. The van der Waals surface area contributed by atoms with E-state index in [1.807, 2.05) is 51.2 Å². The zero-order valence-electron chi connectivity index (χ0n) is 17.3. The van der Waals surface area contributed by atoms with Crippen LogP contribution in [0.4, 0.5) is 5.69 Å². The van der Waals surface area contributed by atoms with E-state index in [2.05, 4.69) is 22.0 Å². The molecule has 1 aliphatic rings. The minimum Gasteiger partial charge on any atom is -0.497 e. The van der Waals surface area contributed by atoms with Gasteiger partial charge in [-0.1, -0.05) is 12.1 Å². The first-order chi connectivity index (χ1) is 15.2. The summed E-state index contributed by atoms with van der Waals surface area (Å²) >= 11 is 1.53. The molecule has 31 heavy (non-hydrogen) atoms. The predicted octanol–water partition coefficient (Wildman–Crippen LogP) is 3.52. The van der Waals surface area contributed by atoms with Crippen LogP contribution in [0.1, 0.15) is 0 Å². The summed E-state index contributed by atoms with van der Waals surface area (Å²) in [4.78, 5) is 26.6. The summed E-state index contributed by atoms with van der Waals surface area (Å²) in [5.41, 5.74) is 5.58. The van der Waals surface area contributed by atoms with E-state index in [0.717, 1.165) is 47.1 Å². The number of carbonyl (C=O) groups is 1. The summed E-state index contributed by atoms with van der Waals surface area (Å²) in [6.45, 7) is 3.27. The molecule has 0 unspecified atom stereocenters. The quantitative estimate of drug-likeness (QED) is 0.482. The fourth-order valence-corrected chi connectivity index (χ4v) is 4.53. The molecule has 158 valence electrons. The number of aromatic nitrogens is 3. The Hall–Kier alpha value is -3.39. The first-order valence-corrected chi connectivity index (χ1v) is 11.2. The first-order valence-electron chi connectivity index (χ1n) is 10.2. The zero-order chi connectivity index (χ0) is 21.2. The van der Waals surface area contributed by atoms with Gasteiger partial charge in [-0.3, -0.25) is 4.79 Å². The number of piperazine rings is 1. The highest BCUT2D eigenvalue weighted by molar-refractivity contribution is 7.07. The largest absolute Gasteiger partial charge is 0.497 e. The van der Waals surface area contributed by atoms with E-state index >= 15 is 0 Å². The molecule has 4 aromatic rings. The third-order valence-electron chi connectivity index (χ3n) is 5.68. The summed E-state index contributed by atoms with van der Waals surface area (Å²) in [6, 6.07) is 16.0. The summed E-state index contributed by atoms with van der Waals surface area (Å²) < 4.78 is 7.23. The third-order valence-corrected chi connectivity index (χ3v) is 6.27. The summed E-state index contributed by atoms with van der Waals surface area (Å²) in [5, 5.41) is 1.97. The summed E-state index contributed by atoms with van der Waals surface area (Å²) in [6.07, 6.45) is 0. The number of anilines is 1. The molecule has 3 heterocycles. The SMILES string of the molecule is COc1ccc(N2CCN(C(=O)Cn3c(-c4cscn4)nc4ccccc43)CC2)cc1. The number of amides is 1. The van der Waals surface area contributed by atoms with Gasteiger partial charge in [0, 0.05) is 37.2 Å². The molecule has 0 radical (unpaired) electrons. The van der Waals surface area contributed by atoms with Crippen LogP contribution in [0.5, 0.6) is 5.75 Å². The highest BCUT2D eigenvalue weighted by atomic mass is 32.1. The lowest BCUT2D eigenvalue weighted by molar-refractivity contribution is -0.132. The molecule has 0 aliphatic carbocycles. The van der Waals surface area contributed by atoms with Crippen molar-refractivity contribution in [2.24, 2.45) is 0 Å². The highest BCUT2D eigenvalue weighted by Crippen LogP contribution is 2.25. The molecule has 8 heteroatoms. The van der Waals surface area contributed by atoms with Gasteiger partial charge in [-0.25, -0.2) is 9.97 Å². The topological polar surface area (TPSA) is 63.5 Å². The molecule has 1 aliphatic heterocycles. The van der Waals surface area contributed by atoms with Crippen molar-refractivity contribution in [2.45, 2.75) is 6.54 Å². The minimum atomic E-state index is 0.106. The number of para-hydroxylation sites is 2. The van der Waals surface area contributed by atoms with Crippen molar-refractivity contribution in [3.63, 3.8) is 0 Å². The molecule has 5 rings (SSSR count). The number of imidazole rings is 1. The Morgan fingerprint density at radius 2 is 1.84 bits per heavy atom. The number of methoxy groups -OCH3 is 1. The Morgan fingerprint density at radius 1 is 1.06 bits per heavy atom. The lowest BCUT2D eigenvalue weighted by Gasteiger charge is -2.36. The van der Waals surface area contributed by atoms with Gasteiger partial charge in [0.1, 0.15) is 18.0 Å². The fraction of sp³-hybridized carbons (Fsp3) is 0.261. The average molecular weight is 434 g/mol. The van der Waals surface area contributed by atoms with Gasteiger partial charge < -0.3 is 19.1 Å². The van der Waals surface area contributed by atoms with E-state index < -0.39 is 0 Å². The van der Waals surface area contributed by atoms with Crippen LogP contribution in [-0.4, -0.2) is 58.6 Å². The van der Waals surface area contributed by atoms with Gasteiger partial charge in [0.25, 0.3) is 0 Å². The number of ether oxygens (including phenoxy) is 1. The van der Waals surface area contributed by atoms with E-state index in [1.165, 1.54) is 11.3 Å². The standard InChI is InChI=1S/C23H23N5O2S/c1-30-18-8-6-17(7-9-18)26-10-12-27(13-11-26)22(29)14-28-21-5-3-2-4-19(21)25-23(28)20-15-31-16-24-20/h2-9,15-16H,10-14H2,1H3. The van der Waals surface area contributed by atoms with Gasteiger partial charge in [-0.15, -0.1) is 11.3 Å². The van der Waals surface area contributed by atoms with Crippen LogP contribution in [-0.2, 0) is 11.3 Å². The number of hydrogen-bond acceptors (Lipinski definition) is 6. The smallest absolute Gasteiger partial charge is 0.242 e. The normalized spacial score (nSPS) is 14.2. The summed E-state index contributed by atoms with van der Waals surface area (Å²) in [7, 11) is 1.67. The molecule has 0 bridgehead atoms. The number of benzene rings is 2. The first kappa shape index (κ1) is 19.6. The predicted molar refractivity (Wildman–Crippen MR) is 123 cm³/mol. The van der Waals surface area contributed by atoms with Crippen molar-refractivity contribution in [3.8, 4) is 17.3 Å². The van der Waals surface area contributed by atoms with Crippen molar-refractivity contribution in [1.29, 1.82) is 0 Å². The van der Waals surface area contributed by atoms with E-state index in [-0.39, 0.29) is 12.5 Å². The third kappa shape index (κ3) is 3.86. The number of rotatable bonds is 5. The Morgan fingerprint density at radius 3 is 2.55 bits per heavy atom. The van der Waals surface area contributed by atoms with E-state index in [1.54, 1.807) is 12.6 Å². The number of nitrogens with zero attached hydrogens (tertiary/aromatic N) is 5. The number of carbonyl (C=O) groups excluding carboxylic acids is 1. The molecule has 0 saturated carbocycles.